The summed E-state index contributed by atoms with van der Waals surface area (Å²) >= 11 is 0. The third kappa shape index (κ3) is 6.84. The van der Waals surface area contributed by atoms with Gasteiger partial charge in [-0.1, -0.05) is 31.2 Å². The lowest BCUT2D eigenvalue weighted by molar-refractivity contribution is -0.118. The number of ether oxygens (including phenoxy) is 2. The number of hydrogen-bond acceptors (Lipinski definition) is 5. The number of hydrogen-bond donors (Lipinski definition) is 1. The van der Waals surface area contributed by atoms with Crippen LogP contribution in [0.15, 0.2) is 55.1 Å². The van der Waals surface area contributed by atoms with Crippen molar-refractivity contribution >= 4 is 11.6 Å². The number of likely N-dealkylation sites (N-methyl/N-ethyl adjacent to an activating group) is 1. The first kappa shape index (κ1) is 22.8. The molecule has 2 aromatic carbocycles. The molecule has 3 rings (SSSR count). The number of piperazine rings is 1. The number of benzene rings is 2. The van der Waals surface area contributed by atoms with Gasteiger partial charge in [0.2, 0.25) is 0 Å². The van der Waals surface area contributed by atoms with Crippen LogP contribution in [-0.4, -0.2) is 62.1 Å². The molecule has 0 radical (unpaired) electrons. The van der Waals surface area contributed by atoms with Crippen LogP contribution in [0.3, 0.4) is 0 Å². The van der Waals surface area contributed by atoms with E-state index in [0.717, 1.165) is 56.9 Å². The molecule has 0 unspecified atom stereocenters. The second kappa shape index (κ2) is 11.5. The van der Waals surface area contributed by atoms with Gasteiger partial charge < -0.3 is 19.7 Å². The Labute approximate surface area is 185 Å². The molecule has 1 aliphatic rings. The first-order chi connectivity index (χ1) is 15.1. The molecule has 1 saturated heterocycles. The minimum Gasteiger partial charge on any atom is -0.493 e. The predicted octanol–water partition coefficient (Wildman–Crippen LogP) is 3.58. The zero-order valence-electron chi connectivity index (χ0n) is 18.6. The van der Waals surface area contributed by atoms with Crippen molar-refractivity contribution in [2.75, 3.05) is 51.8 Å². The lowest BCUT2D eigenvalue weighted by Gasteiger charge is -2.34. The highest BCUT2D eigenvalue weighted by Crippen LogP contribution is 2.28. The van der Waals surface area contributed by atoms with Gasteiger partial charge in [-0.15, -0.1) is 6.58 Å². The summed E-state index contributed by atoms with van der Waals surface area (Å²) in [4.78, 5) is 17.3. The topological polar surface area (TPSA) is 54.0 Å². The summed E-state index contributed by atoms with van der Waals surface area (Å²) in [6.45, 7) is 12.4. The van der Waals surface area contributed by atoms with Gasteiger partial charge in [0.25, 0.3) is 5.91 Å². The van der Waals surface area contributed by atoms with Gasteiger partial charge in [0.05, 0.1) is 7.11 Å². The number of methoxy groups -OCH3 is 1. The average molecular weight is 424 g/mol. The molecule has 0 bridgehead atoms. The molecule has 1 aliphatic heterocycles. The molecule has 31 heavy (non-hydrogen) atoms. The number of nitrogens with one attached hydrogen (secondary N) is 1. The third-order valence-electron chi connectivity index (χ3n) is 5.52. The van der Waals surface area contributed by atoms with Gasteiger partial charge in [0, 0.05) is 38.4 Å². The highest BCUT2D eigenvalue weighted by Gasteiger charge is 2.15. The summed E-state index contributed by atoms with van der Waals surface area (Å²) in [5.74, 6) is 0.945. The fourth-order valence-corrected chi connectivity index (χ4v) is 3.68. The Balaban J connectivity index is 1.47. The van der Waals surface area contributed by atoms with Crippen molar-refractivity contribution in [1.82, 2.24) is 9.80 Å². The standard InChI is InChI=1S/C25H33N3O3/c1-4-6-20-9-12-23(24(17-20)30-3)31-19-25(29)26-22-10-7-21(8-11-22)18-28-15-13-27(5-2)14-16-28/h4,7-12,17H,1,5-6,13-16,18-19H2,2-3H3,(H,26,29). The Bertz CT molecular complexity index is 859. The Hall–Kier alpha value is -2.83. The first-order valence-electron chi connectivity index (χ1n) is 10.9. The van der Waals surface area contributed by atoms with Crippen LogP contribution in [0, 0.1) is 0 Å². The monoisotopic (exact) mass is 423 g/mol. The SMILES string of the molecule is C=CCc1ccc(OCC(=O)Nc2ccc(CN3CCN(CC)CC3)cc2)c(OC)c1. The lowest BCUT2D eigenvalue weighted by atomic mass is 10.1. The van der Waals surface area contributed by atoms with Crippen LogP contribution in [0.5, 0.6) is 11.5 Å². The maximum atomic E-state index is 12.3. The summed E-state index contributed by atoms with van der Waals surface area (Å²) < 4.78 is 11.0. The summed E-state index contributed by atoms with van der Waals surface area (Å²) in [5, 5.41) is 2.89. The second-order valence-electron chi connectivity index (χ2n) is 7.72. The van der Waals surface area contributed by atoms with Gasteiger partial charge in [0.15, 0.2) is 18.1 Å². The predicted molar refractivity (Wildman–Crippen MR) is 125 cm³/mol. The maximum absolute atomic E-state index is 12.3. The molecular formula is C25H33N3O3. The van der Waals surface area contributed by atoms with E-state index >= 15 is 0 Å². The Morgan fingerprint density at radius 2 is 1.71 bits per heavy atom. The van der Waals surface area contributed by atoms with E-state index in [1.54, 1.807) is 7.11 Å². The summed E-state index contributed by atoms with van der Waals surface area (Å²) in [6, 6.07) is 13.7. The van der Waals surface area contributed by atoms with Crippen molar-refractivity contribution in [2.24, 2.45) is 0 Å². The third-order valence-corrected chi connectivity index (χ3v) is 5.52. The Morgan fingerprint density at radius 1 is 1.03 bits per heavy atom. The fourth-order valence-electron chi connectivity index (χ4n) is 3.68. The van der Waals surface area contributed by atoms with Crippen molar-refractivity contribution in [1.29, 1.82) is 0 Å². The molecule has 1 N–H and O–H groups in total. The van der Waals surface area contributed by atoms with E-state index in [1.807, 2.05) is 36.4 Å². The van der Waals surface area contributed by atoms with Gasteiger partial charge in [-0.25, -0.2) is 0 Å². The van der Waals surface area contributed by atoms with E-state index in [2.05, 4.69) is 40.8 Å². The second-order valence-corrected chi connectivity index (χ2v) is 7.72. The summed E-state index contributed by atoms with van der Waals surface area (Å²) in [5.41, 5.74) is 3.10. The molecule has 0 saturated carbocycles. The molecule has 1 heterocycles. The van der Waals surface area contributed by atoms with Gasteiger partial charge in [-0.3, -0.25) is 9.69 Å². The normalized spacial score (nSPS) is 14.8. The smallest absolute Gasteiger partial charge is 0.262 e. The summed E-state index contributed by atoms with van der Waals surface area (Å²) in [7, 11) is 1.59. The number of nitrogens with zero attached hydrogens (tertiary/aromatic N) is 2. The van der Waals surface area contributed by atoms with Crippen LogP contribution >= 0.6 is 0 Å². The molecule has 6 heteroatoms. The highest BCUT2D eigenvalue weighted by atomic mass is 16.5. The molecule has 0 spiro atoms. The number of amides is 1. The molecule has 0 aliphatic carbocycles. The largest absolute Gasteiger partial charge is 0.493 e. The number of carbonyl (C=O) groups excluding carboxylic acids is 1. The zero-order chi connectivity index (χ0) is 22.1. The minimum atomic E-state index is -0.208. The van der Waals surface area contributed by atoms with E-state index in [4.69, 9.17) is 9.47 Å². The van der Waals surface area contributed by atoms with E-state index < -0.39 is 0 Å². The van der Waals surface area contributed by atoms with E-state index in [0.29, 0.717) is 11.5 Å². The molecule has 0 atom stereocenters. The van der Waals surface area contributed by atoms with E-state index in [1.165, 1.54) is 5.56 Å². The lowest BCUT2D eigenvalue weighted by Crippen LogP contribution is -2.45. The molecule has 6 nitrogen and oxygen atoms in total. The van der Waals surface area contributed by atoms with E-state index in [9.17, 15) is 4.79 Å². The zero-order valence-corrected chi connectivity index (χ0v) is 18.6. The van der Waals surface area contributed by atoms with Crippen molar-refractivity contribution in [3.05, 3.63) is 66.2 Å². The van der Waals surface area contributed by atoms with Crippen LogP contribution in [0.2, 0.25) is 0 Å². The quantitative estimate of drug-likeness (QED) is 0.592. The molecule has 1 fully saturated rings. The van der Waals surface area contributed by atoms with Crippen molar-refractivity contribution in [3.63, 3.8) is 0 Å². The average Bonchev–Trinajstić information content (AvgIpc) is 2.80. The minimum absolute atomic E-state index is 0.0827. The van der Waals surface area contributed by atoms with Crippen LogP contribution in [0.25, 0.3) is 0 Å². The van der Waals surface area contributed by atoms with Crippen LogP contribution in [-0.2, 0) is 17.8 Å². The number of allylic oxidation sites excluding steroid dienone is 1. The number of carbonyl (C=O) groups is 1. The molecule has 1 amide bonds. The molecular weight excluding hydrogens is 390 g/mol. The molecule has 166 valence electrons. The first-order valence-corrected chi connectivity index (χ1v) is 10.9. The van der Waals surface area contributed by atoms with Gasteiger partial charge in [-0.2, -0.15) is 0 Å². The van der Waals surface area contributed by atoms with E-state index in [-0.39, 0.29) is 12.5 Å². The van der Waals surface area contributed by atoms with Crippen LogP contribution < -0.4 is 14.8 Å². The van der Waals surface area contributed by atoms with Gasteiger partial charge in [0.1, 0.15) is 0 Å². The van der Waals surface area contributed by atoms with Crippen molar-refractivity contribution in [2.45, 2.75) is 19.9 Å². The number of rotatable bonds is 10. The highest BCUT2D eigenvalue weighted by molar-refractivity contribution is 5.91. The van der Waals surface area contributed by atoms with Gasteiger partial charge in [-0.05, 0) is 48.4 Å². The fraction of sp³-hybridized carbons (Fsp3) is 0.400. The van der Waals surface area contributed by atoms with Gasteiger partial charge >= 0.3 is 0 Å². The Kier molecular flexibility index (Phi) is 8.50. The Morgan fingerprint density at radius 3 is 2.35 bits per heavy atom. The van der Waals surface area contributed by atoms with Crippen LogP contribution in [0.1, 0.15) is 18.1 Å². The van der Waals surface area contributed by atoms with Crippen molar-refractivity contribution < 1.29 is 14.3 Å². The number of anilines is 1. The van der Waals surface area contributed by atoms with Crippen molar-refractivity contribution in [3.8, 4) is 11.5 Å². The summed E-state index contributed by atoms with van der Waals surface area (Å²) in [6.07, 6.45) is 2.59. The maximum Gasteiger partial charge on any atom is 0.262 e. The molecule has 2 aromatic rings. The molecule has 0 aromatic heterocycles. The van der Waals surface area contributed by atoms with Crippen LogP contribution in [0.4, 0.5) is 5.69 Å².